The van der Waals surface area contributed by atoms with Gasteiger partial charge in [0, 0.05) is 6.54 Å². The Morgan fingerprint density at radius 1 is 1.44 bits per heavy atom. The minimum Gasteiger partial charge on any atom is -0.508 e. The Kier molecular flexibility index (Phi) is 4.13. The normalized spacial score (nSPS) is 14.1. The van der Waals surface area contributed by atoms with Crippen LogP contribution in [-0.4, -0.2) is 34.1 Å². The molecule has 0 heterocycles. The zero-order chi connectivity index (χ0) is 12.1. The highest BCUT2D eigenvalue weighted by Crippen LogP contribution is 2.12. The van der Waals surface area contributed by atoms with Crippen molar-refractivity contribution in [1.82, 2.24) is 4.90 Å². The highest BCUT2D eigenvalue weighted by atomic mass is 16.4. The number of rotatable bonds is 4. The van der Waals surface area contributed by atoms with E-state index in [0.29, 0.717) is 6.54 Å². The summed E-state index contributed by atoms with van der Waals surface area (Å²) in [4.78, 5) is 1.95. The van der Waals surface area contributed by atoms with Crippen LogP contribution in [0.3, 0.4) is 0 Å². The lowest BCUT2D eigenvalue weighted by Crippen LogP contribution is -2.39. The van der Waals surface area contributed by atoms with Crippen molar-refractivity contribution in [1.29, 1.82) is 0 Å². The van der Waals surface area contributed by atoms with Crippen LogP contribution in [-0.2, 0) is 6.54 Å². The molecule has 0 aromatic heterocycles. The molecule has 1 atom stereocenters. The molecule has 16 heavy (non-hydrogen) atoms. The Hall–Kier alpha value is -1.75. The predicted molar refractivity (Wildman–Crippen MR) is 62.4 cm³/mol. The molecule has 1 aromatic rings. The zero-order valence-electron chi connectivity index (χ0n) is 9.46. The fraction of sp³-hybridized carbons (Fsp3) is 0.364. The van der Waals surface area contributed by atoms with Gasteiger partial charge in [0.05, 0.1) is 6.04 Å². The number of phenols is 1. The van der Waals surface area contributed by atoms with E-state index >= 15 is 0 Å². The number of nitrogens with zero attached hydrogens (tertiary/aromatic N) is 2. The Morgan fingerprint density at radius 2 is 2.00 bits per heavy atom. The van der Waals surface area contributed by atoms with Gasteiger partial charge in [0.2, 0.25) is 0 Å². The molecule has 4 N–H and O–H groups in total. The van der Waals surface area contributed by atoms with Crippen molar-refractivity contribution in [3.63, 3.8) is 0 Å². The summed E-state index contributed by atoms with van der Waals surface area (Å²) in [6, 6.07) is 6.81. The number of hydrogen-bond acceptors (Lipinski definition) is 4. The lowest BCUT2D eigenvalue weighted by molar-refractivity contribution is 0.279. The fourth-order valence-electron chi connectivity index (χ4n) is 1.34. The molecule has 88 valence electrons. The lowest BCUT2D eigenvalue weighted by atomic mass is 10.2. The van der Waals surface area contributed by atoms with Crippen LogP contribution >= 0.6 is 0 Å². The largest absolute Gasteiger partial charge is 0.508 e. The van der Waals surface area contributed by atoms with Crippen LogP contribution in [0.5, 0.6) is 5.75 Å². The SMILES string of the molecule is CC(C(N)=NO)N(C)Cc1ccc(O)cc1. The molecule has 0 amide bonds. The molecular formula is C11H17N3O2. The van der Waals surface area contributed by atoms with Crippen LogP contribution in [0.4, 0.5) is 0 Å². The molecular weight excluding hydrogens is 206 g/mol. The maximum Gasteiger partial charge on any atom is 0.156 e. The van der Waals surface area contributed by atoms with Crippen molar-refractivity contribution in [2.24, 2.45) is 10.9 Å². The Morgan fingerprint density at radius 3 is 2.50 bits per heavy atom. The molecule has 0 aliphatic rings. The third-order valence-corrected chi connectivity index (χ3v) is 2.57. The molecule has 0 bridgehead atoms. The highest BCUT2D eigenvalue weighted by Gasteiger charge is 2.13. The monoisotopic (exact) mass is 223 g/mol. The van der Waals surface area contributed by atoms with Gasteiger partial charge in [0.25, 0.3) is 0 Å². The number of phenolic OH excluding ortho intramolecular Hbond substituents is 1. The highest BCUT2D eigenvalue weighted by molar-refractivity contribution is 5.84. The number of oxime groups is 1. The molecule has 0 saturated heterocycles. The standard InChI is InChI=1S/C11H17N3O2/c1-8(11(12)13-16)14(2)7-9-3-5-10(15)6-4-9/h3-6,8,15-16H,7H2,1-2H3,(H2,12,13). The minimum absolute atomic E-state index is 0.140. The number of aromatic hydroxyl groups is 1. The van der Waals surface area contributed by atoms with Crippen molar-refractivity contribution in [2.45, 2.75) is 19.5 Å². The molecule has 0 aliphatic heterocycles. The van der Waals surface area contributed by atoms with Gasteiger partial charge in [0.15, 0.2) is 5.84 Å². The first kappa shape index (κ1) is 12.3. The average molecular weight is 223 g/mol. The van der Waals surface area contributed by atoms with Gasteiger partial charge in [0.1, 0.15) is 5.75 Å². The fourth-order valence-corrected chi connectivity index (χ4v) is 1.34. The van der Waals surface area contributed by atoms with Crippen LogP contribution in [0.1, 0.15) is 12.5 Å². The minimum atomic E-state index is -0.140. The summed E-state index contributed by atoms with van der Waals surface area (Å²) >= 11 is 0. The summed E-state index contributed by atoms with van der Waals surface area (Å²) in [6.07, 6.45) is 0. The topological polar surface area (TPSA) is 82.1 Å². The van der Waals surface area contributed by atoms with Crippen molar-refractivity contribution in [3.8, 4) is 5.75 Å². The van der Waals surface area contributed by atoms with Crippen molar-refractivity contribution in [3.05, 3.63) is 29.8 Å². The van der Waals surface area contributed by atoms with Gasteiger partial charge in [-0.2, -0.15) is 0 Å². The van der Waals surface area contributed by atoms with E-state index in [2.05, 4.69) is 5.16 Å². The second kappa shape index (κ2) is 5.37. The predicted octanol–water partition coefficient (Wildman–Crippen LogP) is 0.959. The van der Waals surface area contributed by atoms with E-state index < -0.39 is 0 Å². The molecule has 1 aromatic carbocycles. The summed E-state index contributed by atoms with van der Waals surface area (Å²) in [5, 5.41) is 20.7. The Balaban J connectivity index is 2.64. The first-order valence-electron chi connectivity index (χ1n) is 5.00. The van der Waals surface area contributed by atoms with Gasteiger partial charge in [-0.1, -0.05) is 17.3 Å². The van der Waals surface area contributed by atoms with Gasteiger partial charge in [-0.25, -0.2) is 0 Å². The summed E-state index contributed by atoms with van der Waals surface area (Å²) in [6.45, 7) is 2.52. The van der Waals surface area contributed by atoms with Gasteiger partial charge >= 0.3 is 0 Å². The third kappa shape index (κ3) is 3.13. The van der Waals surface area contributed by atoms with Gasteiger partial charge < -0.3 is 16.0 Å². The molecule has 5 nitrogen and oxygen atoms in total. The van der Waals surface area contributed by atoms with E-state index in [4.69, 9.17) is 16.0 Å². The molecule has 1 rings (SSSR count). The van der Waals surface area contributed by atoms with E-state index in [1.54, 1.807) is 12.1 Å². The summed E-state index contributed by atoms with van der Waals surface area (Å²) < 4.78 is 0. The van der Waals surface area contributed by atoms with E-state index in [0.717, 1.165) is 5.56 Å². The number of nitrogens with two attached hydrogens (primary N) is 1. The second-order valence-electron chi connectivity index (χ2n) is 3.78. The first-order valence-corrected chi connectivity index (χ1v) is 5.00. The van der Waals surface area contributed by atoms with E-state index in [9.17, 15) is 0 Å². The van der Waals surface area contributed by atoms with Crippen LogP contribution in [0.25, 0.3) is 0 Å². The van der Waals surface area contributed by atoms with Crippen molar-refractivity contribution < 1.29 is 10.3 Å². The molecule has 0 spiro atoms. The quantitative estimate of drug-likeness (QED) is 0.307. The Bertz CT molecular complexity index is 362. The van der Waals surface area contributed by atoms with Gasteiger partial charge in [-0.15, -0.1) is 0 Å². The second-order valence-corrected chi connectivity index (χ2v) is 3.78. The van der Waals surface area contributed by atoms with E-state index in [1.807, 2.05) is 31.0 Å². The number of benzene rings is 1. The third-order valence-electron chi connectivity index (χ3n) is 2.57. The zero-order valence-corrected chi connectivity index (χ0v) is 9.46. The van der Waals surface area contributed by atoms with Crippen LogP contribution < -0.4 is 5.73 Å². The maximum absolute atomic E-state index is 9.14. The van der Waals surface area contributed by atoms with Gasteiger partial charge in [-0.3, -0.25) is 4.90 Å². The maximum atomic E-state index is 9.14. The summed E-state index contributed by atoms with van der Waals surface area (Å²) in [7, 11) is 1.88. The number of amidine groups is 1. The van der Waals surface area contributed by atoms with Crippen LogP contribution in [0.2, 0.25) is 0 Å². The molecule has 0 aliphatic carbocycles. The average Bonchev–Trinajstić information content (AvgIpc) is 2.30. The van der Waals surface area contributed by atoms with Crippen LogP contribution in [0.15, 0.2) is 29.4 Å². The Labute approximate surface area is 94.8 Å². The van der Waals surface area contributed by atoms with E-state index in [1.165, 1.54) is 0 Å². The number of likely N-dealkylation sites (N-methyl/N-ethyl adjacent to an activating group) is 1. The summed E-state index contributed by atoms with van der Waals surface area (Å²) in [5.41, 5.74) is 6.57. The molecule has 0 saturated carbocycles. The first-order chi connectivity index (χ1) is 7.54. The van der Waals surface area contributed by atoms with Crippen molar-refractivity contribution in [2.75, 3.05) is 7.05 Å². The van der Waals surface area contributed by atoms with Crippen molar-refractivity contribution >= 4 is 5.84 Å². The molecule has 0 radical (unpaired) electrons. The molecule has 0 fully saturated rings. The number of hydrogen-bond donors (Lipinski definition) is 3. The molecule has 1 unspecified atom stereocenters. The molecule has 5 heteroatoms. The van der Waals surface area contributed by atoms with E-state index in [-0.39, 0.29) is 17.6 Å². The smallest absolute Gasteiger partial charge is 0.156 e. The lowest BCUT2D eigenvalue weighted by Gasteiger charge is -2.23. The van der Waals surface area contributed by atoms with Gasteiger partial charge in [-0.05, 0) is 31.7 Å². The van der Waals surface area contributed by atoms with Crippen LogP contribution in [0, 0.1) is 0 Å². The summed E-state index contributed by atoms with van der Waals surface area (Å²) in [5.74, 6) is 0.428.